The van der Waals surface area contributed by atoms with Crippen LogP contribution in [0.2, 0.25) is 0 Å². The van der Waals surface area contributed by atoms with Crippen LogP contribution >= 0.6 is 11.8 Å². The summed E-state index contributed by atoms with van der Waals surface area (Å²) in [6, 6.07) is 1.19. The molecule has 1 aliphatic rings. The maximum Gasteiger partial charge on any atom is 0.233 e. The molecule has 0 spiro atoms. The normalized spacial score (nSPS) is 19.5. The molecule has 8 nitrogen and oxygen atoms in total. The van der Waals surface area contributed by atoms with E-state index in [0.717, 1.165) is 11.8 Å². The molecule has 0 unspecified atom stereocenters. The molecule has 1 aromatic rings. The number of nitrogen functional groups attached to an aromatic ring is 2. The van der Waals surface area contributed by atoms with E-state index >= 15 is 0 Å². The number of carbonyl (C=O) groups is 1. The van der Waals surface area contributed by atoms with Crippen LogP contribution in [0.1, 0.15) is 20.3 Å². The molecule has 4 N–H and O–H groups in total. The Bertz CT molecular complexity index is 688. The van der Waals surface area contributed by atoms with E-state index in [1.807, 2.05) is 13.8 Å². The van der Waals surface area contributed by atoms with Gasteiger partial charge in [0.1, 0.15) is 11.6 Å². The molecule has 0 radical (unpaired) electrons. The average molecular weight is 374 g/mol. The molecule has 1 amide bonds. The first-order valence-corrected chi connectivity index (χ1v) is 10.5. The Morgan fingerprint density at radius 1 is 1.38 bits per heavy atom. The molecule has 1 aliphatic heterocycles. The van der Waals surface area contributed by atoms with Crippen molar-refractivity contribution in [2.75, 3.05) is 35.3 Å². The van der Waals surface area contributed by atoms with Gasteiger partial charge in [0.25, 0.3) is 0 Å². The van der Waals surface area contributed by atoms with Crippen molar-refractivity contribution >= 4 is 39.1 Å². The summed E-state index contributed by atoms with van der Waals surface area (Å²) in [6.07, 6.45) is 0.493. The maximum absolute atomic E-state index is 12.6. The Hall–Kier alpha value is -1.55. The first-order chi connectivity index (χ1) is 11.2. The van der Waals surface area contributed by atoms with Gasteiger partial charge >= 0.3 is 0 Å². The minimum Gasteiger partial charge on any atom is -0.383 e. The second-order valence-corrected chi connectivity index (χ2v) is 9.46. The maximum atomic E-state index is 12.6. The molecule has 134 valence electrons. The molecule has 1 fully saturated rings. The molecule has 0 aromatic carbocycles. The molecule has 24 heavy (non-hydrogen) atoms. The highest BCUT2D eigenvalue weighted by molar-refractivity contribution is 7.99. The Morgan fingerprint density at radius 2 is 2.00 bits per heavy atom. The second-order valence-electron chi connectivity index (χ2n) is 6.29. The quantitative estimate of drug-likeness (QED) is 0.541. The fourth-order valence-electron chi connectivity index (χ4n) is 2.60. The van der Waals surface area contributed by atoms with E-state index in [9.17, 15) is 13.2 Å². The first kappa shape index (κ1) is 18.8. The lowest BCUT2D eigenvalue weighted by Gasteiger charge is -2.29. The van der Waals surface area contributed by atoms with Gasteiger partial charge in [0, 0.05) is 18.7 Å². The van der Waals surface area contributed by atoms with Crippen molar-refractivity contribution in [1.82, 2.24) is 14.9 Å². The van der Waals surface area contributed by atoms with Gasteiger partial charge in [0.05, 0.1) is 17.3 Å². The van der Waals surface area contributed by atoms with Gasteiger partial charge in [-0.15, -0.1) is 0 Å². The topological polar surface area (TPSA) is 132 Å². The van der Waals surface area contributed by atoms with Gasteiger partial charge in [-0.25, -0.2) is 18.4 Å². The molecular weight excluding hydrogens is 350 g/mol. The van der Waals surface area contributed by atoms with E-state index < -0.39 is 9.84 Å². The van der Waals surface area contributed by atoms with Crippen LogP contribution < -0.4 is 11.5 Å². The minimum absolute atomic E-state index is 0.0395. The number of hydrogen-bond acceptors (Lipinski definition) is 8. The molecule has 0 aliphatic carbocycles. The Balaban J connectivity index is 2.04. The first-order valence-electron chi connectivity index (χ1n) is 7.69. The monoisotopic (exact) mass is 373 g/mol. The fourth-order valence-corrected chi connectivity index (χ4v) is 5.09. The van der Waals surface area contributed by atoms with Crippen LogP contribution in [0.5, 0.6) is 0 Å². The van der Waals surface area contributed by atoms with Crippen molar-refractivity contribution in [3.05, 3.63) is 6.07 Å². The lowest BCUT2D eigenvalue weighted by Crippen LogP contribution is -2.44. The number of nitrogens with two attached hydrogens (primary N) is 2. The zero-order chi connectivity index (χ0) is 17.9. The van der Waals surface area contributed by atoms with Crippen molar-refractivity contribution < 1.29 is 13.2 Å². The summed E-state index contributed by atoms with van der Waals surface area (Å²) in [4.78, 5) is 22.4. The second kappa shape index (κ2) is 7.56. The summed E-state index contributed by atoms with van der Waals surface area (Å²) in [7, 11) is -3.05. The Morgan fingerprint density at radius 3 is 2.50 bits per heavy atom. The Labute approximate surface area is 146 Å². The molecule has 0 bridgehead atoms. The highest BCUT2D eigenvalue weighted by Crippen LogP contribution is 2.22. The smallest absolute Gasteiger partial charge is 0.233 e. The fraction of sp³-hybridized carbons (Fsp3) is 0.643. The molecule has 1 saturated heterocycles. The molecular formula is C14H23N5O3S2. The molecule has 1 atom stereocenters. The van der Waals surface area contributed by atoms with Crippen LogP contribution in [-0.2, 0) is 14.6 Å². The Kier molecular flexibility index (Phi) is 5.92. The van der Waals surface area contributed by atoms with E-state index in [1.54, 1.807) is 4.90 Å². The summed E-state index contributed by atoms with van der Waals surface area (Å²) in [5, 5.41) is 0.337. The summed E-state index contributed by atoms with van der Waals surface area (Å²) >= 11 is 1.15. The zero-order valence-corrected chi connectivity index (χ0v) is 15.4. The van der Waals surface area contributed by atoms with Crippen molar-refractivity contribution in [3.8, 4) is 0 Å². The van der Waals surface area contributed by atoms with Crippen LogP contribution in [0.3, 0.4) is 0 Å². The van der Waals surface area contributed by atoms with E-state index in [1.165, 1.54) is 6.07 Å². The minimum atomic E-state index is -3.05. The predicted molar refractivity (Wildman–Crippen MR) is 95.2 cm³/mol. The summed E-state index contributed by atoms with van der Waals surface area (Å²) < 4.78 is 23.4. The summed E-state index contributed by atoms with van der Waals surface area (Å²) in [5.41, 5.74) is 11.2. The highest BCUT2D eigenvalue weighted by Gasteiger charge is 2.34. The van der Waals surface area contributed by atoms with Crippen molar-refractivity contribution in [3.63, 3.8) is 0 Å². The molecule has 1 aromatic heterocycles. The number of sulfone groups is 1. The summed E-state index contributed by atoms with van der Waals surface area (Å²) in [5.74, 6) is 0.921. The van der Waals surface area contributed by atoms with Gasteiger partial charge in [-0.05, 0) is 12.3 Å². The highest BCUT2D eigenvalue weighted by atomic mass is 32.2. The van der Waals surface area contributed by atoms with Gasteiger partial charge in [0.15, 0.2) is 15.0 Å². The standard InChI is InChI=1S/C14H23N5O3S2/c1-9(2)6-19(10-3-4-24(21,22)8-10)13(20)7-23-14-17-11(15)5-12(16)18-14/h5,9-10H,3-4,6-8H2,1-2H3,(H4,15,16,17,18)/t10-/m0/s1. The van der Waals surface area contributed by atoms with E-state index in [2.05, 4.69) is 9.97 Å². The SMILES string of the molecule is CC(C)CN(C(=O)CSc1nc(N)cc(N)n1)[C@H]1CCS(=O)(=O)C1. The summed E-state index contributed by atoms with van der Waals surface area (Å²) in [6.45, 7) is 4.52. The van der Waals surface area contributed by atoms with E-state index in [-0.39, 0.29) is 46.8 Å². The van der Waals surface area contributed by atoms with Crippen LogP contribution in [0, 0.1) is 5.92 Å². The van der Waals surface area contributed by atoms with Gasteiger partial charge in [-0.3, -0.25) is 4.79 Å². The van der Waals surface area contributed by atoms with E-state index in [0.29, 0.717) is 18.1 Å². The van der Waals surface area contributed by atoms with E-state index in [4.69, 9.17) is 11.5 Å². The number of anilines is 2. The third-order valence-electron chi connectivity index (χ3n) is 3.60. The third kappa shape index (κ3) is 5.23. The van der Waals surface area contributed by atoms with Crippen molar-refractivity contribution in [2.24, 2.45) is 5.92 Å². The van der Waals surface area contributed by atoms with Crippen LogP contribution in [0.15, 0.2) is 11.2 Å². The predicted octanol–water partition coefficient (Wildman–Crippen LogP) is 0.405. The lowest BCUT2D eigenvalue weighted by atomic mass is 10.1. The van der Waals surface area contributed by atoms with Gasteiger partial charge < -0.3 is 16.4 Å². The third-order valence-corrected chi connectivity index (χ3v) is 6.18. The average Bonchev–Trinajstić information content (AvgIpc) is 2.81. The van der Waals surface area contributed by atoms with Gasteiger partial charge in [0.2, 0.25) is 5.91 Å². The number of hydrogen-bond donors (Lipinski definition) is 2. The zero-order valence-electron chi connectivity index (χ0n) is 13.8. The lowest BCUT2D eigenvalue weighted by molar-refractivity contribution is -0.130. The molecule has 2 heterocycles. The van der Waals surface area contributed by atoms with Crippen molar-refractivity contribution in [1.29, 1.82) is 0 Å². The largest absolute Gasteiger partial charge is 0.383 e. The van der Waals surface area contributed by atoms with Crippen molar-refractivity contribution in [2.45, 2.75) is 31.5 Å². The molecule has 0 saturated carbocycles. The number of carbonyl (C=O) groups excluding carboxylic acids is 1. The number of rotatable bonds is 6. The number of amides is 1. The van der Waals surface area contributed by atoms with Crippen LogP contribution in [0.25, 0.3) is 0 Å². The number of aromatic nitrogens is 2. The molecule has 10 heteroatoms. The van der Waals surface area contributed by atoms with Gasteiger partial charge in [-0.1, -0.05) is 25.6 Å². The number of thioether (sulfide) groups is 1. The number of nitrogens with zero attached hydrogens (tertiary/aromatic N) is 3. The van der Waals surface area contributed by atoms with Crippen LogP contribution in [0.4, 0.5) is 11.6 Å². The van der Waals surface area contributed by atoms with Crippen LogP contribution in [-0.4, -0.2) is 59.0 Å². The van der Waals surface area contributed by atoms with Gasteiger partial charge in [-0.2, -0.15) is 0 Å². The molecule has 2 rings (SSSR count).